The zero-order chi connectivity index (χ0) is 20.8. The highest BCUT2D eigenvalue weighted by Gasteiger charge is 2.18. The number of carbonyl (C=O) groups is 3. The van der Waals surface area contributed by atoms with Gasteiger partial charge in [-0.1, -0.05) is 23.3 Å². The van der Waals surface area contributed by atoms with E-state index in [0.29, 0.717) is 16.8 Å². The van der Waals surface area contributed by atoms with Gasteiger partial charge in [-0.15, -0.1) is 0 Å². The van der Waals surface area contributed by atoms with Crippen molar-refractivity contribution in [2.24, 2.45) is 0 Å². The molecule has 6 nitrogen and oxygen atoms in total. The Hall–Kier alpha value is -3.15. The third kappa shape index (κ3) is 5.67. The number of likely N-dealkylation sites (tertiary alicyclic amines) is 1. The lowest BCUT2D eigenvalue weighted by Gasteiger charge is -2.26. The number of rotatable bonds is 5. The highest BCUT2D eigenvalue weighted by molar-refractivity contribution is 6.00. The first-order chi connectivity index (χ1) is 13.9. The highest BCUT2D eigenvalue weighted by Crippen LogP contribution is 2.16. The van der Waals surface area contributed by atoms with Crippen molar-refractivity contribution in [3.63, 3.8) is 0 Å². The number of piperidine rings is 1. The first-order valence-electron chi connectivity index (χ1n) is 9.98. The number of aryl methyl sites for hydroxylation is 2. The molecule has 1 heterocycles. The quantitative estimate of drug-likeness (QED) is 0.818. The van der Waals surface area contributed by atoms with Gasteiger partial charge >= 0.3 is 0 Å². The predicted octanol–water partition coefficient (Wildman–Crippen LogP) is 3.30. The van der Waals surface area contributed by atoms with Gasteiger partial charge in [0, 0.05) is 29.9 Å². The van der Waals surface area contributed by atoms with Gasteiger partial charge in [-0.05, 0) is 63.4 Å². The van der Waals surface area contributed by atoms with Crippen molar-refractivity contribution in [1.82, 2.24) is 10.2 Å². The molecule has 0 aromatic heterocycles. The van der Waals surface area contributed by atoms with Crippen molar-refractivity contribution in [2.45, 2.75) is 33.1 Å². The molecule has 1 fully saturated rings. The van der Waals surface area contributed by atoms with Gasteiger partial charge in [-0.3, -0.25) is 14.4 Å². The summed E-state index contributed by atoms with van der Waals surface area (Å²) in [6.07, 6.45) is 3.22. The summed E-state index contributed by atoms with van der Waals surface area (Å²) in [6.45, 7) is 5.26. The molecule has 2 aromatic carbocycles. The number of hydrogen-bond donors (Lipinski definition) is 2. The fourth-order valence-corrected chi connectivity index (χ4v) is 3.58. The number of benzene rings is 2. The summed E-state index contributed by atoms with van der Waals surface area (Å²) in [7, 11) is 0. The molecule has 1 saturated heterocycles. The summed E-state index contributed by atoms with van der Waals surface area (Å²) >= 11 is 0. The van der Waals surface area contributed by atoms with Crippen molar-refractivity contribution in [3.8, 4) is 0 Å². The van der Waals surface area contributed by atoms with Crippen LogP contribution in [-0.2, 0) is 4.79 Å². The molecule has 0 radical (unpaired) electrons. The van der Waals surface area contributed by atoms with Crippen molar-refractivity contribution in [3.05, 3.63) is 64.7 Å². The molecule has 0 aliphatic carbocycles. The number of anilines is 1. The third-order valence-electron chi connectivity index (χ3n) is 4.93. The SMILES string of the molecule is Cc1cc(C)cc(C(=O)NCC(=O)Nc2cccc(C(=O)N3CCCCC3)c2)c1. The highest BCUT2D eigenvalue weighted by atomic mass is 16.2. The summed E-state index contributed by atoms with van der Waals surface area (Å²) in [5.41, 5.74) is 3.62. The lowest BCUT2D eigenvalue weighted by molar-refractivity contribution is -0.115. The molecule has 3 rings (SSSR count). The van der Waals surface area contributed by atoms with Crippen LogP contribution in [0.4, 0.5) is 5.69 Å². The Morgan fingerprint density at radius 3 is 2.28 bits per heavy atom. The van der Waals surface area contributed by atoms with Gasteiger partial charge in [-0.2, -0.15) is 0 Å². The van der Waals surface area contributed by atoms with E-state index in [1.54, 1.807) is 36.4 Å². The summed E-state index contributed by atoms with van der Waals surface area (Å²) < 4.78 is 0. The Bertz CT molecular complexity index is 897. The lowest BCUT2D eigenvalue weighted by Crippen LogP contribution is -2.35. The Balaban J connectivity index is 1.56. The monoisotopic (exact) mass is 393 g/mol. The topological polar surface area (TPSA) is 78.5 Å². The number of hydrogen-bond acceptors (Lipinski definition) is 3. The van der Waals surface area contributed by atoms with E-state index in [2.05, 4.69) is 10.6 Å². The van der Waals surface area contributed by atoms with Gasteiger partial charge < -0.3 is 15.5 Å². The number of carbonyl (C=O) groups excluding carboxylic acids is 3. The van der Waals surface area contributed by atoms with Gasteiger partial charge in [0.2, 0.25) is 5.91 Å². The maximum absolute atomic E-state index is 12.6. The van der Waals surface area contributed by atoms with Gasteiger partial charge in [-0.25, -0.2) is 0 Å². The Morgan fingerprint density at radius 2 is 1.59 bits per heavy atom. The minimum atomic E-state index is -0.342. The van der Waals surface area contributed by atoms with Gasteiger partial charge in [0.15, 0.2) is 0 Å². The fraction of sp³-hybridized carbons (Fsp3) is 0.348. The fourth-order valence-electron chi connectivity index (χ4n) is 3.58. The normalized spacial score (nSPS) is 13.7. The molecule has 1 aliphatic rings. The molecule has 0 saturated carbocycles. The molecule has 2 aromatic rings. The molecule has 0 spiro atoms. The zero-order valence-corrected chi connectivity index (χ0v) is 17.0. The van der Waals surface area contributed by atoms with Crippen molar-refractivity contribution < 1.29 is 14.4 Å². The van der Waals surface area contributed by atoms with Crippen molar-refractivity contribution in [2.75, 3.05) is 25.0 Å². The second-order valence-corrected chi connectivity index (χ2v) is 7.54. The lowest BCUT2D eigenvalue weighted by atomic mass is 10.1. The van der Waals surface area contributed by atoms with E-state index in [4.69, 9.17) is 0 Å². The zero-order valence-electron chi connectivity index (χ0n) is 17.0. The Labute approximate surface area is 171 Å². The van der Waals surface area contributed by atoms with Crippen LogP contribution in [-0.4, -0.2) is 42.3 Å². The minimum absolute atomic E-state index is 0.0103. The summed E-state index contributed by atoms with van der Waals surface area (Å²) in [6, 6.07) is 12.5. The van der Waals surface area contributed by atoms with E-state index in [1.165, 1.54) is 0 Å². The molecule has 3 amide bonds. The van der Waals surface area contributed by atoms with Gasteiger partial charge in [0.25, 0.3) is 11.8 Å². The number of amides is 3. The van der Waals surface area contributed by atoms with Crippen LogP contribution in [0.1, 0.15) is 51.1 Å². The molecule has 0 unspecified atom stereocenters. The molecule has 152 valence electrons. The smallest absolute Gasteiger partial charge is 0.253 e. The first-order valence-corrected chi connectivity index (χ1v) is 9.98. The average molecular weight is 393 g/mol. The largest absolute Gasteiger partial charge is 0.343 e. The van der Waals surface area contributed by atoms with Crippen molar-refractivity contribution >= 4 is 23.4 Å². The maximum Gasteiger partial charge on any atom is 0.253 e. The Morgan fingerprint density at radius 1 is 0.897 bits per heavy atom. The molecule has 0 bridgehead atoms. The van der Waals surface area contributed by atoms with E-state index in [1.807, 2.05) is 24.8 Å². The summed E-state index contributed by atoms with van der Waals surface area (Å²) in [4.78, 5) is 39.0. The summed E-state index contributed by atoms with van der Waals surface area (Å²) in [5.74, 6) is -0.643. The third-order valence-corrected chi connectivity index (χ3v) is 4.93. The Kier molecular flexibility index (Phi) is 6.65. The number of nitrogens with zero attached hydrogens (tertiary/aromatic N) is 1. The van der Waals surface area contributed by atoms with E-state index in [0.717, 1.165) is 43.5 Å². The van der Waals surface area contributed by atoms with Crippen LogP contribution in [0.15, 0.2) is 42.5 Å². The van der Waals surface area contributed by atoms with Crippen LogP contribution in [0.2, 0.25) is 0 Å². The molecule has 1 aliphatic heterocycles. The van der Waals surface area contributed by atoms with E-state index in [9.17, 15) is 14.4 Å². The van der Waals surface area contributed by atoms with Gasteiger partial charge in [0.05, 0.1) is 6.54 Å². The van der Waals surface area contributed by atoms with Crippen LogP contribution < -0.4 is 10.6 Å². The predicted molar refractivity (Wildman–Crippen MR) is 113 cm³/mol. The first kappa shape index (κ1) is 20.6. The van der Waals surface area contributed by atoms with Crippen LogP contribution in [0.5, 0.6) is 0 Å². The van der Waals surface area contributed by atoms with Crippen LogP contribution in [0.3, 0.4) is 0 Å². The maximum atomic E-state index is 12.6. The van der Waals surface area contributed by atoms with Gasteiger partial charge in [0.1, 0.15) is 0 Å². The minimum Gasteiger partial charge on any atom is -0.343 e. The van der Waals surface area contributed by atoms with E-state index in [-0.39, 0.29) is 24.3 Å². The molecule has 0 atom stereocenters. The second-order valence-electron chi connectivity index (χ2n) is 7.54. The van der Waals surface area contributed by atoms with Crippen LogP contribution in [0, 0.1) is 13.8 Å². The molecular weight excluding hydrogens is 366 g/mol. The van der Waals surface area contributed by atoms with E-state index < -0.39 is 0 Å². The van der Waals surface area contributed by atoms with Crippen molar-refractivity contribution in [1.29, 1.82) is 0 Å². The van der Waals surface area contributed by atoms with Crippen LogP contribution in [0.25, 0.3) is 0 Å². The number of nitrogens with one attached hydrogen (secondary N) is 2. The van der Waals surface area contributed by atoms with E-state index >= 15 is 0 Å². The average Bonchev–Trinajstić information content (AvgIpc) is 2.71. The molecule has 29 heavy (non-hydrogen) atoms. The van der Waals surface area contributed by atoms with Crippen LogP contribution >= 0.6 is 0 Å². The molecule has 6 heteroatoms. The molecule has 2 N–H and O–H groups in total. The summed E-state index contributed by atoms with van der Waals surface area (Å²) in [5, 5.41) is 5.38. The standard InChI is InChI=1S/C23H27N3O3/c1-16-11-17(2)13-19(12-16)22(28)24-15-21(27)25-20-8-6-7-18(14-20)23(29)26-9-4-3-5-10-26/h6-8,11-14H,3-5,9-10,15H2,1-2H3,(H,24,28)(H,25,27). The molecular formula is C23H27N3O3. The second kappa shape index (κ2) is 9.37.